The third kappa shape index (κ3) is 3.27. The lowest BCUT2D eigenvalue weighted by atomic mass is 9.92. The van der Waals surface area contributed by atoms with Gasteiger partial charge < -0.3 is 0 Å². The van der Waals surface area contributed by atoms with Crippen LogP contribution in [0.3, 0.4) is 0 Å². The van der Waals surface area contributed by atoms with E-state index in [-0.39, 0.29) is 0 Å². The van der Waals surface area contributed by atoms with Crippen molar-refractivity contribution in [3.63, 3.8) is 0 Å². The Hall–Kier alpha value is -1.63. The van der Waals surface area contributed by atoms with Crippen molar-refractivity contribution in [2.75, 3.05) is 0 Å². The van der Waals surface area contributed by atoms with E-state index in [9.17, 15) is 4.79 Å². The van der Waals surface area contributed by atoms with Crippen LogP contribution >= 0.6 is 0 Å². The summed E-state index contributed by atoms with van der Waals surface area (Å²) in [5, 5.41) is 2.53. The molecule has 2 rings (SSSR count). The highest BCUT2D eigenvalue weighted by Crippen LogP contribution is 2.26. The first-order valence-electron chi connectivity index (χ1n) is 7.79. The summed E-state index contributed by atoms with van der Waals surface area (Å²) in [5.41, 5.74) is 3.75. The van der Waals surface area contributed by atoms with Crippen molar-refractivity contribution >= 4 is 17.1 Å². The lowest BCUT2D eigenvalue weighted by molar-refractivity contribution is 0.112. The molecule has 0 saturated carbocycles. The molecule has 0 saturated heterocycles. The number of benzene rings is 2. The third-order valence-corrected chi connectivity index (χ3v) is 3.97. The molecule has 0 spiro atoms. The van der Waals surface area contributed by atoms with E-state index in [2.05, 4.69) is 32.0 Å². The van der Waals surface area contributed by atoms with Crippen molar-refractivity contribution < 1.29 is 4.79 Å². The minimum atomic E-state index is 0.764. The molecule has 0 aliphatic carbocycles. The van der Waals surface area contributed by atoms with Crippen molar-refractivity contribution in [2.45, 2.75) is 52.4 Å². The molecule has 0 radical (unpaired) electrons. The summed E-state index contributed by atoms with van der Waals surface area (Å²) in [7, 11) is 0. The van der Waals surface area contributed by atoms with Gasteiger partial charge in [0.25, 0.3) is 0 Å². The molecule has 2 aromatic carbocycles. The van der Waals surface area contributed by atoms with Gasteiger partial charge in [-0.1, -0.05) is 51.0 Å². The lowest BCUT2D eigenvalue weighted by Crippen LogP contribution is -1.97. The zero-order chi connectivity index (χ0) is 14.4. The standard InChI is InChI=1S/C19H24O/c1-3-5-7-16-10-11-17-13-15(14-20)9-12-19(17)18(16)8-6-4-2/h9-14H,3-8H2,1-2H3. The van der Waals surface area contributed by atoms with E-state index in [4.69, 9.17) is 0 Å². The Morgan fingerprint density at radius 1 is 0.950 bits per heavy atom. The van der Waals surface area contributed by atoms with Crippen molar-refractivity contribution in [2.24, 2.45) is 0 Å². The van der Waals surface area contributed by atoms with Crippen LogP contribution in [0.5, 0.6) is 0 Å². The van der Waals surface area contributed by atoms with Gasteiger partial charge in [-0.05, 0) is 53.6 Å². The molecular weight excluding hydrogens is 244 g/mol. The van der Waals surface area contributed by atoms with Crippen LogP contribution in [0.25, 0.3) is 10.8 Å². The second-order valence-corrected chi connectivity index (χ2v) is 5.51. The Kier molecular flexibility index (Phi) is 5.34. The SMILES string of the molecule is CCCCc1ccc2cc(C=O)ccc2c1CCCC. The van der Waals surface area contributed by atoms with E-state index in [1.54, 1.807) is 0 Å². The van der Waals surface area contributed by atoms with Crippen LogP contribution in [0, 0.1) is 0 Å². The van der Waals surface area contributed by atoms with Gasteiger partial charge in [-0.15, -0.1) is 0 Å². The molecule has 1 heteroatoms. The van der Waals surface area contributed by atoms with Gasteiger partial charge in [0.05, 0.1) is 0 Å². The Morgan fingerprint density at radius 3 is 2.40 bits per heavy atom. The first-order chi connectivity index (χ1) is 9.80. The fourth-order valence-corrected chi connectivity index (χ4v) is 2.78. The average Bonchev–Trinajstić information content (AvgIpc) is 2.50. The van der Waals surface area contributed by atoms with Gasteiger partial charge in [-0.3, -0.25) is 4.79 Å². The van der Waals surface area contributed by atoms with Crippen LogP contribution in [-0.4, -0.2) is 6.29 Å². The topological polar surface area (TPSA) is 17.1 Å². The molecule has 0 N–H and O–H groups in total. The van der Waals surface area contributed by atoms with E-state index in [1.165, 1.54) is 54.0 Å². The van der Waals surface area contributed by atoms with E-state index < -0.39 is 0 Å². The molecule has 106 valence electrons. The molecule has 1 nitrogen and oxygen atoms in total. The van der Waals surface area contributed by atoms with E-state index in [1.807, 2.05) is 12.1 Å². The number of aryl methyl sites for hydroxylation is 2. The molecule has 0 amide bonds. The van der Waals surface area contributed by atoms with Crippen molar-refractivity contribution in [1.29, 1.82) is 0 Å². The molecule has 0 heterocycles. The second-order valence-electron chi connectivity index (χ2n) is 5.51. The molecule has 2 aromatic rings. The summed E-state index contributed by atoms with van der Waals surface area (Å²) < 4.78 is 0. The molecule has 0 aromatic heterocycles. The summed E-state index contributed by atoms with van der Waals surface area (Å²) in [5.74, 6) is 0. The maximum atomic E-state index is 10.9. The number of aldehydes is 1. The maximum absolute atomic E-state index is 10.9. The number of fused-ring (bicyclic) bond motifs is 1. The number of unbranched alkanes of at least 4 members (excludes halogenated alkanes) is 2. The summed E-state index contributed by atoms with van der Waals surface area (Å²) in [4.78, 5) is 10.9. The van der Waals surface area contributed by atoms with Crippen LogP contribution in [0.4, 0.5) is 0 Å². The highest BCUT2D eigenvalue weighted by Gasteiger charge is 2.08. The van der Waals surface area contributed by atoms with E-state index >= 15 is 0 Å². The highest BCUT2D eigenvalue weighted by atomic mass is 16.1. The molecule has 0 unspecified atom stereocenters. The Bertz CT molecular complexity index is 584. The van der Waals surface area contributed by atoms with Crippen LogP contribution in [0.1, 0.15) is 61.0 Å². The summed E-state index contributed by atoms with van der Waals surface area (Å²) >= 11 is 0. The fourth-order valence-electron chi connectivity index (χ4n) is 2.78. The van der Waals surface area contributed by atoms with Gasteiger partial charge in [0.2, 0.25) is 0 Å². The van der Waals surface area contributed by atoms with Crippen LogP contribution in [-0.2, 0) is 12.8 Å². The Labute approximate surface area is 122 Å². The second kappa shape index (κ2) is 7.23. The van der Waals surface area contributed by atoms with Gasteiger partial charge in [0, 0.05) is 5.56 Å². The lowest BCUT2D eigenvalue weighted by Gasteiger charge is -2.13. The minimum Gasteiger partial charge on any atom is -0.298 e. The minimum absolute atomic E-state index is 0.764. The predicted octanol–water partition coefficient (Wildman–Crippen LogP) is 5.34. The number of rotatable bonds is 7. The Balaban J connectivity index is 2.48. The average molecular weight is 268 g/mol. The monoisotopic (exact) mass is 268 g/mol. The molecule has 0 aliphatic heterocycles. The smallest absolute Gasteiger partial charge is 0.150 e. The van der Waals surface area contributed by atoms with Crippen LogP contribution in [0.2, 0.25) is 0 Å². The van der Waals surface area contributed by atoms with Crippen LogP contribution < -0.4 is 0 Å². The summed E-state index contributed by atoms with van der Waals surface area (Å²) in [6, 6.07) is 10.5. The summed E-state index contributed by atoms with van der Waals surface area (Å²) in [6.07, 6.45) is 8.17. The normalized spacial score (nSPS) is 10.9. The quantitative estimate of drug-likeness (QED) is 0.620. The zero-order valence-corrected chi connectivity index (χ0v) is 12.6. The molecule has 0 fully saturated rings. The van der Waals surface area contributed by atoms with Gasteiger partial charge in [-0.2, -0.15) is 0 Å². The van der Waals surface area contributed by atoms with Crippen molar-refractivity contribution in [3.8, 4) is 0 Å². The van der Waals surface area contributed by atoms with Gasteiger partial charge in [-0.25, -0.2) is 0 Å². The van der Waals surface area contributed by atoms with Gasteiger partial charge in [0.15, 0.2) is 0 Å². The molecular formula is C19H24O. The largest absolute Gasteiger partial charge is 0.298 e. The van der Waals surface area contributed by atoms with E-state index in [0.717, 1.165) is 18.3 Å². The first kappa shape index (κ1) is 14.8. The molecule has 0 bridgehead atoms. The van der Waals surface area contributed by atoms with Crippen LogP contribution in [0.15, 0.2) is 30.3 Å². The molecule has 0 atom stereocenters. The third-order valence-electron chi connectivity index (χ3n) is 3.97. The molecule has 0 aliphatic rings. The number of carbonyl (C=O) groups is 1. The fraction of sp³-hybridized carbons (Fsp3) is 0.421. The van der Waals surface area contributed by atoms with Gasteiger partial charge in [0.1, 0.15) is 6.29 Å². The predicted molar refractivity (Wildman–Crippen MR) is 86.6 cm³/mol. The van der Waals surface area contributed by atoms with Crippen molar-refractivity contribution in [1.82, 2.24) is 0 Å². The highest BCUT2D eigenvalue weighted by molar-refractivity contribution is 5.91. The number of carbonyl (C=O) groups excluding carboxylic acids is 1. The van der Waals surface area contributed by atoms with E-state index in [0.29, 0.717) is 0 Å². The number of hydrogen-bond acceptors (Lipinski definition) is 1. The van der Waals surface area contributed by atoms with Crippen molar-refractivity contribution in [3.05, 3.63) is 47.0 Å². The van der Waals surface area contributed by atoms with Gasteiger partial charge >= 0.3 is 0 Å². The zero-order valence-electron chi connectivity index (χ0n) is 12.6. The Morgan fingerprint density at radius 2 is 1.70 bits per heavy atom. The summed E-state index contributed by atoms with van der Waals surface area (Å²) in [6.45, 7) is 4.48. The molecule has 20 heavy (non-hydrogen) atoms. The first-order valence-corrected chi connectivity index (χ1v) is 7.79. The maximum Gasteiger partial charge on any atom is 0.150 e. The number of hydrogen-bond donors (Lipinski definition) is 0.